The van der Waals surface area contributed by atoms with Gasteiger partial charge < -0.3 is 20.1 Å². The van der Waals surface area contributed by atoms with Crippen molar-refractivity contribution in [2.24, 2.45) is 5.92 Å². The molecule has 1 rings (SSSR count). The summed E-state index contributed by atoms with van der Waals surface area (Å²) < 4.78 is 5.47. The summed E-state index contributed by atoms with van der Waals surface area (Å²) in [5, 5.41) is 27.8. The molecule has 78 valence electrons. The molecule has 1 aliphatic heterocycles. The van der Waals surface area contributed by atoms with E-state index in [9.17, 15) is 10.2 Å². The maximum atomic E-state index is 9.72. The molecule has 1 aliphatic rings. The lowest BCUT2D eigenvalue weighted by Crippen LogP contribution is -2.48. The third kappa shape index (κ3) is 1.72. The number of rotatable bonds is 3. The number of aliphatic hydroxyl groups excluding tert-OH is 3. The van der Waals surface area contributed by atoms with Crippen molar-refractivity contribution < 1.29 is 20.1 Å². The third-order valence-corrected chi connectivity index (χ3v) is 2.86. The first-order chi connectivity index (χ1) is 6.06. The van der Waals surface area contributed by atoms with Crippen LogP contribution in [0.1, 0.15) is 20.3 Å². The molecule has 0 bridgehead atoms. The van der Waals surface area contributed by atoms with Crippen LogP contribution in [0.25, 0.3) is 0 Å². The van der Waals surface area contributed by atoms with Gasteiger partial charge in [-0.05, 0) is 5.92 Å². The summed E-state index contributed by atoms with van der Waals surface area (Å²) in [6.07, 6.45) is -0.630. The summed E-state index contributed by atoms with van der Waals surface area (Å²) in [4.78, 5) is 0. The van der Waals surface area contributed by atoms with Gasteiger partial charge in [0.05, 0.1) is 25.4 Å². The standard InChI is InChI=1S/C9H18O4/c1-6(2)9(5-11)8(12)3-7(4-10)13-9/h6-8,10-12H,3-5H2,1-2H3/t7-,8+,9+/m0/s1. The zero-order valence-electron chi connectivity index (χ0n) is 8.10. The highest BCUT2D eigenvalue weighted by Gasteiger charge is 2.49. The first kappa shape index (κ1) is 10.9. The number of aliphatic hydroxyl groups is 3. The minimum atomic E-state index is -0.882. The van der Waals surface area contributed by atoms with Gasteiger partial charge in [0.25, 0.3) is 0 Å². The van der Waals surface area contributed by atoms with E-state index >= 15 is 0 Å². The van der Waals surface area contributed by atoms with Crippen LogP contribution < -0.4 is 0 Å². The molecule has 0 amide bonds. The Kier molecular flexibility index (Phi) is 3.29. The van der Waals surface area contributed by atoms with Crippen LogP contribution >= 0.6 is 0 Å². The Hall–Kier alpha value is -0.160. The van der Waals surface area contributed by atoms with Crippen molar-refractivity contribution in [3.63, 3.8) is 0 Å². The first-order valence-electron chi connectivity index (χ1n) is 4.64. The fourth-order valence-corrected chi connectivity index (χ4v) is 1.84. The predicted molar refractivity (Wildman–Crippen MR) is 47.2 cm³/mol. The molecule has 0 saturated carbocycles. The highest BCUT2D eigenvalue weighted by atomic mass is 16.6. The topological polar surface area (TPSA) is 69.9 Å². The van der Waals surface area contributed by atoms with Gasteiger partial charge in [-0.15, -0.1) is 0 Å². The molecule has 4 heteroatoms. The largest absolute Gasteiger partial charge is 0.394 e. The number of hydrogen-bond acceptors (Lipinski definition) is 4. The summed E-state index contributed by atoms with van der Waals surface area (Å²) in [6.45, 7) is 3.46. The van der Waals surface area contributed by atoms with Crippen LogP contribution in [-0.2, 0) is 4.74 Å². The van der Waals surface area contributed by atoms with Gasteiger partial charge >= 0.3 is 0 Å². The van der Waals surface area contributed by atoms with Gasteiger partial charge in [0.2, 0.25) is 0 Å². The average molecular weight is 190 g/mol. The number of ether oxygens (including phenoxy) is 1. The van der Waals surface area contributed by atoms with Crippen LogP contribution in [0.15, 0.2) is 0 Å². The summed E-state index contributed by atoms with van der Waals surface area (Å²) >= 11 is 0. The van der Waals surface area contributed by atoms with Gasteiger partial charge in [-0.2, -0.15) is 0 Å². The first-order valence-corrected chi connectivity index (χ1v) is 4.64. The van der Waals surface area contributed by atoms with Gasteiger partial charge in [-0.1, -0.05) is 13.8 Å². The van der Waals surface area contributed by atoms with Gasteiger partial charge in [0, 0.05) is 6.42 Å². The maximum absolute atomic E-state index is 9.72. The molecular formula is C9H18O4. The van der Waals surface area contributed by atoms with Crippen LogP contribution in [0, 0.1) is 5.92 Å². The Morgan fingerprint density at radius 1 is 1.46 bits per heavy atom. The molecule has 0 radical (unpaired) electrons. The van der Waals surface area contributed by atoms with Crippen LogP contribution in [0.2, 0.25) is 0 Å². The highest BCUT2D eigenvalue weighted by molar-refractivity contribution is 4.98. The Labute approximate surface area is 78.1 Å². The Morgan fingerprint density at radius 2 is 2.08 bits per heavy atom. The summed E-state index contributed by atoms with van der Waals surface area (Å²) in [6, 6.07) is 0. The van der Waals surface area contributed by atoms with Gasteiger partial charge in [-0.25, -0.2) is 0 Å². The van der Waals surface area contributed by atoms with E-state index in [0.717, 1.165) is 0 Å². The van der Waals surface area contributed by atoms with Crippen molar-refractivity contribution in [1.29, 1.82) is 0 Å². The molecule has 0 aromatic carbocycles. The lowest BCUT2D eigenvalue weighted by Gasteiger charge is -2.34. The lowest BCUT2D eigenvalue weighted by atomic mass is 9.86. The second-order valence-electron chi connectivity index (χ2n) is 3.94. The van der Waals surface area contributed by atoms with E-state index in [4.69, 9.17) is 9.84 Å². The Morgan fingerprint density at radius 3 is 2.31 bits per heavy atom. The summed E-state index contributed by atoms with van der Waals surface area (Å²) in [5.74, 6) is 0.0315. The molecule has 1 saturated heterocycles. The van der Waals surface area contributed by atoms with E-state index in [-0.39, 0.29) is 25.2 Å². The van der Waals surface area contributed by atoms with Crippen LogP contribution in [-0.4, -0.2) is 46.3 Å². The number of hydrogen-bond donors (Lipinski definition) is 3. The molecule has 0 aromatic heterocycles. The van der Waals surface area contributed by atoms with Crippen molar-refractivity contribution in [2.45, 2.75) is 38.1 Å². The molecule has 0 unspecified atom stereocenters. The zero-order valence-corrected chi connectivity index (χ0v) is 8.10. The van der Waals surface area contributed by atoms with E-state index in [0.29, 0.717) is 6.42 Å². The van der Waals surface area contributed by atoms with Gasteiger partial charge in [0.1, 0.15) is 5.60 Å². The maximum Gasteiger partial charge on any atom is 0.120 e. The van der Waals surface area contributed by atoms with Crippen LogP contribution in [0.4, 0.5) is 0 Å². The normalized spacial score (nSPS) is 40.2. The smallest absolute Gasteiger partial charge is 0.120 e. The van der Waals surface area contributed by atoms with Crippen LogP contribution in [0.3, 0.4) is 0 Å². The van der Waals surface area contributed by atoms with Crippen molar-refractivity contribution in [2.75, 3.05) is 13.2 Å². The van der Waals surface area contributed by atoms with Crippen molar-refractivity contribution in [3.05, 3.63) is 0 Å². The molecule has 13 heavy (non-hydrogen) atoms. The molecule has 4 nitrogen and oxygen atoms in total. The van der Waals surface area contributed by atoms with Crippen molar-refractivity contribution in [3.8, 4) is 0 Å². The Balaban J connectivity index is 2.76. The van der Waals surface area contributed by atoms with E-state index < -0.39 is 11.7 Å². The van der Waals surface area contributed by atoms with E-state index in [2.05, 4.69) is 0 Å². The monoisotopic (exact) mass is 190 g/mol. The van der Waals surface area contributed by atoms with Crippen LogP contribution in [0.5, 0.6) is 0 Å². The van der Waals surface area contributed by atoms with Crippen molar-refractivity contribution >= 4 is 0 Å². The fourth-order valence-electron chi connectivity index (χ4n) is 1.84. The Bertz CT molecular complexity index is 171. The van der Waals surface area contributed by atoms with E-state index in [1.807, 2.05) is 13.8 Å². The van der Waals surface area contributed by atoms with E-state index in [1.54, 1.807) is 0 Å². The molecule has 3 atom stereocenters. The highest BCUT2D eigenvalue weighted by Crippen LogP contribution is 2.36. The summed E-state index contributed by atoms with van der Waals surface area (Å²) in [5.41, 5.74) is -0.882. The second kappa shape index (κ2) is 3.92. The lowest BCUT2D eigenvalue weighted by molar-refractivity contribution is -0.143. The fraction of sp³-hybridized carbons (Fsp3) is 1.00. The molecule has 0 aromatic rings. The predicted octanol–water partition coefficient (Wildman–Crippen LogP) is -0.484. The van der Waals surface area contributed by atoms with Gasteiger partial charge in [-0.3, -0.25) is 0 Å². The van der Waals surface area contributed by atoms with E-state index in [1.165, 1.54) is 0 Å². The SMILES string of the molecule is CC(C)[C@@]1(CO)O[C@H](CO)C[C@H]1O. The van der Waals surface area contributed by atoms with Gasteiger partial charge in [0.15, 0.2) is 0 Å². The molecule has 1 fully saturated rings. The molecule has 0 aliphatic carbocycles. The minimum Gasteiger partial charge on any atom is -0.394 e. The second-order valence-corrected chi connectivity index (χ2v) is 3.94. The quantitative estimate of drug-likeness (QED) is 0.562. The minimum absolute atomic E-state index is 0.0315. The molecule has 0 spiro atoms. The zero-order chi connectivity index (χ0) is 10.1. The summed E-state index contributed by atoms with van der Waals surface area (Å²) in [7, 11) is 0. The van der Waals surface area contributed by atoms with Crippen molar-refractivity contribution in [1.82, 2.24) is 0 Å². The molecular weight excluding hydrogens is 172 g/mol. The molecule has 3 N–H and O–H groups in total. The third-order valence-electron chi connectivity index (χ3n) is 2.86. The molecule has 1 heterocycles. The average Bonchev–Trinajstić information content (AvgIpc) is 2.43.